The highest BCUT2D eigenvalue weighted by Crippen LogP contribution is 2.25. The number of hydrazone groups is 1. The van der Waals surface area contributed by atoms with E-state index in [9.17, 15) is 9.18 Å². The van der Waals surface area contributed by atoms with Gasteiger partial charge in [0.05, 0.1) is 12.8 Å². The molecule has 1 amide bonds. The number of methoxy groups -OCH3 is 1. The summed E-state index contributed by atoms with van der Waals surface area (Å²) in [5.41, 5.74) is 4.89. The Balaban J connectivity index is 1.90. The number of amides is 1. The minimum Gasteiger partial charge on any atom is -0.481 e. The summed E-state index contributed by atoms with van der Waals surface area (Å²) in [5.74, 6) is 0.00213. The van der Waals surface area contributed by atoms with Crippen molar-refractivity contribution in [3.8, 4) is 17.0 Å². The molecule has 1 N–H and O–H groups in total. The Morgan fingerprint density at radius 3 is 2.59 bits per heavy atom. The van der Waals surface area contributed by atoms with Crippen LogP contribution in [-0.2, 0) is 4.79 Å². The van der Waals surface area contributed by atoms with E-state index < -0.39 is 0 Å². The van der Waals surface area contributed by atoms with Crippen molar-refractivity contribution < 1.29 is 13.9 Å². The number of hydrogen-bond donors (Lipinski definition) is 1. The van der Waals surface area contributed by atoms with Crippen LogP contribution >= 0.6 is 0 Å². The molecule has 1 aromatic heterocycles. The molecule has 0 unspecified atom stereocenters. The fourth-order valence-corrected chi connectivity index (χ4v) is 2.27. The van der Waals surface area contributed by atoms with E-state index in [0.717, 1.165) is 0 Å². The van der Waals surface area contributed by atoms with Crippen molar-refractivity contribution in [1.82, 2.24) is 10.4 Å². The number of aromatic nitrogens is 1. The quantitative estimate of drug-likeness (QED) is 0.947. The monoisotopic (exact) mass is 299 g/mol. The van der Waals surface area contributed by atoms with Crippen molar-refractivity contribution in [3.05, 3.63) is 47.9 Å². The molecule has 2 heterocycles. The zero-order valence-electron chi connectivity index (χ0n) is 12.0. The van der Waals surface area contributed by atoms with E-state index in [0.29, 0.717) is 41.1 Å². The average Bonchev–Trinajstić information content (AvgIpc) is 2.56. The molecule has 1 aliphatic rings. The number of rotatable bonds is 3. The number of benzene rings is 1. The average molecular weight is 299 g/mol. The second-order valence-electron chi connectivity index (χ2n) is 4.88. The Bertz CT molecular complexity index is 742. The number of hydrogen-bond acceptors (Lipinski definition) is 4. The summed E-state index contributed by atoms with van der Waals surface area (Å²) >= 11 is 0. The Kier molecular flexibility index (Phi) is 3.82. The molecule has 6 heteroatoms. The molecular weight excluding hydrogens is 285 g/mol. The standard InChI is InChI=1S/C16H14FN3O2/c1-22-16-7-3-11(9-18-16)12-4-2-10(8-13(12)17)14-5-6-15(21)20-19-14/h2-4,7-9H,5-6H2,1H3,(H,20,21). The SMILES string of the molecule is COc1ccc(-c2ccc(C3=NNC(=O)CC3)cc2F)cn1. The predicted molar refractivity (Wildman–Crippen MR) is 80.1 cm³/mol. The highest BCUT2D eigenvalue weighted by atomic mass is 19.1. The third kappa shape index (κ3) is 2.81. The molecule has 112 valence electrons. The van der Waals surface area contributed by atoms with Gasteiger partial charge in [-0.1, -0.05) is 12.1 Å². The van der Waals surface area contributed by atoms with Crippen LogP contribution in [0.4, 0.5) is 4.39 Å². The van der Waals surface area contributed by atoms with Gasteiger partial charge in [-0.25, -0.2) is 14.8 Å². The molecule has 0 bridgehead atoms. The predicted octanol–water partition coefficient (Wildman–Crippen LogP) is 2.51. The fraction of sp³-hybridized carbons (Fsp3) is 0.188. The number of halogens is 1. The fourth-order valence-electron chi connectivity index (χ4n) is 2.27. The van der Waals surface area contributed by atoms with Gasteiger partial charge in [0.25, 0.3) is 0 Å². The molecule has 1 aliphatic heterocycles. The highest BCUT2D eigenvalue weighted by molar-refractivity contribution is 6.04. The molecule has 1 aromatic carbocycles. The first-order valence-electron chi connectivity index (χ1n) is 6.83. The summed E-state index contributed by atoms with van der Waals surface area (Å²) < 4.78 is 19.3. The maximum Gasteiger partial charge on any atom is 0.240 e. The number of nitrogens with one attached hydrogen (secondary N) is 1. The Morgan fingerprint density at radius 1 is 1.18 bits per heavy atom. The molecule has 5 nitrogen and oxygen atoms in total. The first kappa shape index (κ1) is 14.2. The van der Waals surface area contributed by atoms with Crippen molar-refractivity contribution in [3.63, 3.8) is 0 Å². The van der Waals surface area contributed by atoms with Gasteiger partial charge in [-0.15, -0.1) is 0 Å². The minimum atomic E-state index is -0.357. The van der Waals surface area contributed by atoms with Gasteiger partial charge in [-0.05, 0) is 12.1 Å². The summed E-state index contributed by atoms with van der Waals surface area (Å²) in [6, 6.07) is 8.34. The molecule has 0 radical (unpaired) electrons. The molecule has 22 heavy (non-hydrogen) atoms. The van der Waals surface area contributed by atoms with Crippen LogP contribution in [0.5, 0.6) is 5.88 Å². The summed E-state index contributed by atoms with van der Waals surface area (Å²) in [7, 11) is 1.53. The second kappa shape index (κ2) is 5.93. The molecule has 3 rings (SSSR count). The van der Waals surface area contributed by atoms with Gasteiger partial charge in [-0.2, -0.15) is 5.10 Å². The summed E-state index contributed by atoms with van der Waals surface area (Å²) in [5, 5.41) is 3.97. The lowest BCUT2D eigenvalue weighted by Gasteiger charge is -2.13. The van der Waals surface area contributed by atoms with Gasteiger partial charge in [0.15, 0.2) is 0 Å². The van der Waals surface area contributed by atoms with Crippen LogP contribution in [0.2, 0.25) is 0 Å². The number of carbonyl (C=O) groups excluding carboxylic acids is 1. The van der Waals surface area contributed by atoms with Crippen LogP contribution < -0.4 is 10.2 Å². The molecule has 2 aromatic rings. The normalized spacial score (nSPS) is 14.3. The Labute approximate surface area is 126 Å². The van der Waals surface area contributed by atoms with E-state index in [1.54, 1.807) is 30.5 Å². The van der Waals surface area contributed by atoms with Crippen LogP contribution in [0.15, 0.2) is 41.6 Å². The highest BCUT2D eigenvalue weighted by Gasteiger charge is 2.15. The van der Waals surface area contributed by atoms with Crippen LogP contribution in [0.3, 0.4) is 0 Å². The second-order valence-corrected chi connectivity index (χ2v) is 4.88. The van der Waals surface area contributed by atoms with Crippen molar-refractivity contribution in [2.45, 2.75) is 12.8 Å². The van der Waals surface area contributed by atoms with Gasteiger partial charge < -0.3 is 4.74 Å². The smallest absolute Gasteiger partial charge is 0.240 e. The molecule has 0 fully saturated rings. The number of nitrogens with zero attached hydrogens (tertiary/aromatic N) is 2. The van der Waals surface area contributed by atoms with Crippen LogP contribution in [0.25, 0.3) is 11.1 Å². The molecule has 0 atom stereocenters. The van der Waals surface area contributed by atoms with Gasteiger partial charge in [0.2, 0.25) is 11.8 Å². The number of carbonyl (C=O) groups is 1. The summed E-state index contributed by atoms with van der Waals surface area (Å²) in [4.78, 5) is 15.2. The van der Waals surface area contributed by atoms with Crippen LogP contribution in [0.1, 0.15) is 18.4 Å². The van der Waals surface area contributed by atoms with Gasteiger partial charge in [0, 0.05) is 41.8 Å². The molecule has 0 aliphatic carbocycles. The first-order chi connectivity index (χ1) is 10.7. The lowest BCUT2D eigenvalue weighted by molar-refractivity contribution is -0.121. The zero-order valence-corrected chi connectivity index (χ0v) is 12.0. The maximum absolute atomic E-state index is 14.3. The van der Waals surface area contributed by atoms with E-state index in [1.807, 2.05) is 0 Å². The largest absolute Gasteiger partial charge is 0.481 e. The molecule has 0 spiro atoms. The topological polar surface area (TPSA) is 63.6 Å². The summed E-state index contributed by atoms with van der Waals surface area (Å²) in [6.45, 7) is 0. The molecular formula is C16H14FN3O2. The van der Waals surface area contributed by atoms with Crippen molar-refractivity contribution >= 4 is 11.6 Å². The molecule has 0 saturated carbocycles. The van der Waals surface area contributed by atoms with E-state index >= 15 is 0 Å². The van der Waals surface area contributed by atoms with Crippen molar-refractivity contribution in [2.75, 3.05) is 7.11 Å². The van der Waals surface area contributed by atoms with Gasteiger partial charge in [-0.3, -0.25) is 4.79 Å². The minimum absolute atomic E-state index is 0.120. The number of ether oxygens (including phenoxy) is 1. The molecule has 0 saturated heterocycles. The van der Waals surface area contributed by atoms with E-state index in [-0.39, 0.29) is 11.7 Å². The number of pyridine rings is 1. The Hall–Kier alpha value is -2.76. The zero-order chi connectivity index (χ0) is 15.5. The summed E-state index contributed by atoms with van der Waals surface area (Å²) in [6.07, 6.45) is 2.44. The van der Waals surface area contributed by atoms with Crippen molar-refractivity contribution in [2.24, 2.45) is 5.10 Å². The van der Waals surface area contributed by atoms with E-state index in [1.165, 1.54) is 13.2 Å². The maximum atomic E-state index is 14.3. The van der Waals surface area contributed by atoms with Crippen LogP contribution in [-0.4, -0.2) is 23.7 Å². The lowest BCUT2D eigenvalue weighted by Crippen LogP contribution is -2.25. The Morgan fingerprint density at radius 2 is 2.00 bits per heavy atom. The van der Waals surface area contributed by atoms with Gasteiger partial charge in [0.1, 0.15) is 5.82 Å². The first-order valence-corrected chi connectivity index (χ1v) is 6.83. The lowest BCUT2D eigenvalue weighted by atomic mass is 10.00. The third-order valence-corrected chi connectivity index (χ3v) is 3.46. The third-order valence-electron chi connectivity index (χ3n) is 3.46. The van der Waals surface area contributed by atoms with Gasteiger partial charge >= 0.3 is 0 Å². The van der Waals surface area contributed by atoms with E-state index in [4.69, 9.17) is 4.74 Å². The van der Waals surface area contributed by atoms with Crippen LogP contribution in [0, 0.1) is 5.82 Å². The van der Waals surface area contributed by atoms with Crippen molar-refractivity contribution in [1.29, 1.82) is 0 Å². The van der Waals surface area contributed by atoms with E-state index in [2.05, 4.69) is 15.5 Å².